The summed E-state index contributed by atoms with van der Waals surface area (Å²) in [5.74, 6) is -3.28. The zero-order valence-corrected chi connectivity index (χ0v) is 68.1. The molecule has 0 bridgehead atoms. The van der Waals surface area contributed by atoms with E-state index in [-0.39, 0.29) is 185 Å². The molecule has 0 aromatic carbocycles. The molecule has 3 rings (SSSR count). The number of ether oxygens (including phenoxy) is 9. The number of Topliss-reactive ketones (excluding diaryl/α,β-unsaturated/α-hetero) is 1. The second-order valence-electron chi connectivity index (χ2n) is 30.7. The van der Waals surface area contributed by atoms with Gasteiger partial charge in [0, 0.05) is 125 Å². The topological polar surface area (TPSA) is 544 Å². The fourth-order valence-electron chi connectivity index (χ4n) is 12.8. The van der Waals surface area contributed by atoms with Crippen molar-refractivity contribution < 1.29 is 137 Å². The number of amides is 9. The number of nitrogens with one attached hydrogen (secondary N) is 9. The highest BCUT2D eigenvalue weighted by Crippen LogP contribution is 2.27. The van der Waals surface area contributed by atoms with Gasteiger partial charge in [-0.2, -0.15) is 0 Å². The van der Waals surface area contributed by atoms with Crippen molar-refractivity contribution in [2.45, 2.75) is 319 Å². The molecule has 16 atom stereocenters. The van der Waals surface area contributed by atoms with Crippen molar-refractivity contribution in [1.29, 1.82) is 0 Å². The van der Waals surface area contributed by atoms with E-state index in [1.807, 2.05) is 0 Å². The number of rotatable bonds is 63. The predicted molar refractivity (Wildman–Crippen MR) is 411 cm³/mol. The molecule has 0 aromatic rings. The third-order valence-corrected chi connectivity index (χ3v) is 19.2. The normalized spacial score (nSPS) is 24.1. The van der Waals surface area contributed by atoms with Gasteiger partial charge in [-0.1, -0.05) is 65.7 Å². The van der Waals surface area contributed by atoms with Crippen LogP contribution in [0.4, 0.5) is 0 Å². The molecular weight excluding hydrogens is 1500 g/mol. The van der Waals surface area contributed by atoms with Crippen molar-refractivity contribution in [3.05, 3.63) is 0 Å². The molecule has 0 aromatic heterocycles. The Bertz CT molecular complexity index is 2520. The number of hydrogen-bond acceptors (Lipinski definition) is 28. The van der Waals surface area contributed by atoms with Crippen molar-refractivity contribution >= 4 is 58.9 Å². The van der Waals surface area contributed by atoms with Gasteiger partial charge >= 0.3 is 0 Å². The van der Waals surface area contributed by atoms with Crippen LogP contribution in [0.3, 0.4) is 0 Å². The van der Waals surface area contributed by atoms with E-state index in [1.165, 1.54) is 40.0 Å². The smallest absolute Gasteiger partial charge is 0.222 e. The van der Waals surface area contributed by atoms with Crippen LogP contribution in [-0.4, -0.2) is 308 Å². The fraction of sp³-hybridized carbons (Fsp3) is 0.870. The largest absolute Gasteiger partial charge is 0.394 e. The van der Waals surface area contributed by atoms with Gasteiger partial charge in [0.25, 0.3) is 0 Å². The molecule has 0 saturated carbocycles. The lowest BCUT2D eigenvalue weighted by Gasteiger charge is -2.42. The van der Waals surface area contributed by atoms with Crippen LogP contribution in [0.2, 0.25) is 0 Å². The minimum atomic E-state index is -1.65. The molecule has 660 valence electrons. The van der Waals surface area contributed by atoms with E-state index in [0.29, 0.717) is 76.0 Å². The van der Waals surface area contributed by atoms with E-state index >= 15 is 0 Å². The minimum Gasteiger partial charge on any atom is -0.394 e. The van der Waals surface area contributed by atoms with Crippen molar-refractivity contribution in [3.8, 4) is 0 Å². The van der Waals surface area contributed by atoms with Crippen molar-refractivity contribution in [2.75, 3.05) is 105 Å². The number of carbonyl (C=O) groups is 10. The Hall–Kier alpha value is -5.82. The first-order valence-electron chi connectivity index (χ1n) is 40.9. The maximum Gasteiger partial charge on any atom is 0.222 e. The van der Waals surface area contributed by atoms with Crippen LogP contribution in [-0.2, 0) is 90.6 Å². The lowest BCUT2D eigenvalue weighted by molar-refractivity contribution is -0.270. The van der Waals surface area contributed by atoms with Crippen LogP contribution in [0.1, 0.15) is 221 Å². The van der Waals surface area contributed by atoms with Crippen molar-refractivity contribution in [2.24, 2.45) is 5.41 Å². The van der Waals surface area contributed by atoms with Crippen molar-refractivity contribution in [3.63, 3.8) is 0 Å². The predicted octanol–water partition coefficient (Wildman–Crippen LogP) is -1.15. The first-order valence-corrected chi connectivity index (χ1v) is 40.9. The summed E-state index contributed by atoms with van der Waals surface area (Å²) in [6.45, 7) is 9.34. The number of ketones is 1. The standard InChI is InChI=1S/C77H139N9O28/c1-51(90)83-64-70(103)67(100)55(46-87)112-73(64)108-40-20-15-27-54(93)26-14-19-35-78-61(97)32-44-106-49-77(86-63(99)30-13-11-9-7-8-10-12-18-34-76(4,5)6,50-107-45-33-62(98)82-39-25-37-80-59(95)29-17-22-42-110-75-66(85-53(3)92)72(105)69(102)57(48-89)114-75)111-43-23-31-60(96)81-38-24-36-79-58(94)28-16-21-41-109-74-65(84-52(2)91)71(104)68(101)56(47-88)113-74/h55-57,64-75,87-89,100-105H,7-50H2,1-6H3,(H,78,97)(H,79,94)(H,80,95)(H,81,96)(H,82,98)(H,83,90)(H,84,91)(H,85,92)(H,86,99)/t55?,56?,57?,64?,65-,66-,67+,68+,69+,70+,71?,72?,73+,74+,75+,77?/m0/s1. The van der Waals surface area contributed by atoms with Crippen LogP contribution < -0.4 is 47.9 Å². The van der Waals surface area contributed by atoms with Gasteiger partial charge in [0.15, 0.2) is 24.6 Å². The van der Waals surface area contributed by atoms with Crippen LogP contribution >= 0.6 is 0 Å². The molecule has 0 radical (unpaired) electrons. The average Bonchev–Trinajstić information content (AvgIpc) is 0.819. The molecule has 3 aliphatic heterocycles. The maximum atomic E-state index is 13.9. The molecule has 3 saturated heterocycles. The number of hydrogen-bond donors (Lipinski definition) is 18. The lowest BCUT2D eigenvalue weighted by atomic mass is 9.89. The minimum absolute atomic E-state index is 0.00841. The zero-order valence-electron chi connectivity index (χ0n) is 68.1. The third-order valence-electron chi connectivity index (χ3n) is 19.2. The Labute approximate surface area is 670 Å². The fourth-order valence-corrected chi connectivity index (χ4v) is 12.8. The third kappa shape index (κ3) is 44.1. The van der Waals surface area contributed by atoms with E-state index in [0.717, 1.165) is 32.1 Å². The van der Waals surface area contributed by atoms with Gasteiger partial charge in [-0.05, 0) is 88.9 Å². The second kappa shape index (κ2) is 58.9. The van der Waals surface area contributed by atoms with Gasteiger partial charge < -0.3 is 136 Å². The first kappa shape index (κ1) is 102. The first-order chi connectivity index (χ1) is 54.4. The van der Waals surface area contributed by atoms with Gasteiger partial charge in [0.1, 0.15) is 78.8 Å². The summed E-state index contributed by atoms with van der Waals surface area (Å²) in [7, 11) is 0. The highest BCUT2D eigenvalue weighted by atomic mass is 16.7. The van der Waals surface area contributed by atoms with Crippen molar-refractivity contribution in [1.82, 2.24) is 47.9 Å². The Balaban J connectivity index is 1.56. The van der Waals surface area contributed by atoms with Crippen LogP contribution in [0.5, 0.6) is 0 Å². The quantitative estimate of drug-likeness (QED) is 0.0252. The van der Waals surface area contributed by atoms with Crippen LogP contribution in [0.15, 0.2) is 0 Å². The molecule has 37 heteroatoms. The van der Waals surface area contributed by atoms with Gasteiger partial charge in [0.05, 0.1) is 52.9 Å². The van der Waals surface area contributed by atoms with Gasteiger partial charge in [-0.25, -0.2) is 0 Å². The van der Waals surface area contributed by atoms with Gasteiger partial charge in [-0.15, -0.1) is 0 Å². The molecule has 7 unspecified atom stereocenters. The lowest BCUT2D eigenvalue weighted by Crippen LogP contribution is -2.64. The van der Waals surface area contributed by atoms with Crippen LogP contribution in [0.25, 0.3) is 0 Å². The summed E-state index contributed by atoms with van der Waals surface area (Å²) in [4.78, 5) is 127. The van der Waals surface area contributed by atoms with E-state index in [1.54, 1.807) is 0 Å². The zero-order chi connectivity index (χ0) is 84.3. The summed E-state index contributed by atoms with van der Waals surface area (Å²) >= 11 is 0. The van der Waals surface area contributed by atoms with E-state index < -0.39 is 135 Å². The monoisotopic (exact) mass is 1640 g/mol. The molecule has 0 spiro atoms. The molecule has 3 aliphatic rings. The summed E-state index contributed by atoms with van der Waals surface area (Å²) in [6.07, 6.45) is -0.945. The number of unbranched alkanes of at least 4 members (excludes halogenated alkanes) is 11. The average molecular weight is 1640 g/mol. The number of aliphatic hydroxyl groups excluding tert-OH is 9. The highest BCUT2D eigenvalue weighted by Gasteiger charge is 2.48. The summed E-state index contributed by atoms with van der Waals surface area (Å²) in [5, 5.41) is 116. The Morgan fingerprint density at radius 3 is 1.00 bits per heavy atom. The van der Waals surface area contributed by atoms with Crippen LogP contribution in [0, 0.1) is 5.41 Å². The van der Waals surface area contributed by atoms with E-state index in [9.17, 15) is 93.9 Å². The Morgan fingerprint density at radius 2 is 0.640 bits per heavy atom. The highest BCUT2D eigenvalue weighted by molar-refractivity contribution is 5.79. The molecular formula is C77H139N9O28. The molecule has 3 fully saturated rings. The van der Waals surface area contributed by atoms with Gasteiger partial charge in [-0.3, -0.25) is 47.9 Å². The number of carbonyl (C=O) groups excluding carboxylic acids is 10. The number of aliphatic hydroxyl groups is 9. The molecule has 114 heavy (non-hydrogen) atoms. The second-order valence-corrected chi connectivity index (χ2v) is 30.7. The molecule has 18 N–H and O–H groups in total. The summed E-state index contributed by atoms with van der Waals surface area (Å²) < 4.78 is 52.5. The molecule has 9 amide bonds. The van der Waals surface area contributed by atoms with E-state index in [2.05, 4.69) is 68.6 Å². The molecule has 37 nitrogen and oxygen atoms in total. The van der Waals surface area contributed by atoms with Gasteiger partial charge in [0.2, 0.25) is 53.2 Å². The summed E-state index contributed by atoms with van der Waals surface area (Å²) in [5.41, 5.74) is -1.35. The maximum absolute atomic E-state index is 13.9. The Kier molecular flexibility index (Phi) is 52.9. The summed E-state index contributed by atoms with van der Waals surface area (Å²) in [6, 6.07) is -3.25. The van der Waals surface area contributed by atoms with E-state index in [4.69, 9.17) is 42.6 Å². The molecule has 3 heterocycles. The Morgan fingerprint density at radius 1 is 0.333 bits per heavy atom. The molecule has 0 aliphatic carbocycles. The SMILES string of the molecule is CC(=O)NC1[C@H](OCCCCC(=O)CCCCNC(=O)CCOCC(COCCC(=O)NCCCNC(=O)CCCCO[C@@H]2OC(CO)[C@@H](O)C(O)[C@@H]2NC(C)=O)(NC(=O)CCCCCCCCCCC(C)(C)C)OCCCC(=O)NCCCNC(=O)CCCCO[C@@H]2OC(CO)[C@@H](O)C(O)[C@@H]2NC(C)=O)OC(CO)[C@@H](O)[C@@H]1O.